The summed E-state index contributed by atoms with van der Waals surface area (Å²) >= 11 is 12.5. The molecule has 11 heteroatoms. The monoisotopic (exact) mass is 525 g/mol. The van der Waals surface area contributed by atoms with Crippen LogP contribution in [0.1, 0.15) is 34.6 Å². The third-order valence-corrected chi connectivity index (χ3v) is 4.89. The summed E-state index contributed by atoms with van der Waals surface area (Å²) in [5, 5.41) is 11.2. The van der Waals surface area contributed by atoms with Crippen LogP contribution in [-0.4, -0.2) is 44.2 Å². The minimum Gasteiger partial charge on any atom is -0.494 e. The molecule has 1 N–H and O–H groups in total. The van der Waals surface area contributed by atoms with Crippen molar-refractivity contribution >= 4 is 46.3 Å². The van der Waals surface area contributed by atoms with E-state index in [2.05, 4.69) is 15.5 Å². The van der Waals surface area contributed by atoms with Gasteiger partial charge in [-0.3, -0.25) is 9.59 Å². The van der Waals surface area contributed by atoms with E-state index in [1.165, 1.54) is 13.0 Å². The molecule has 0 spiro atoms. The van der Waals surface area contributed by atoms with Crippen molar-refractivity contribution in [1.82, 2.24) is 0 Å². The second-order valence-corrected chi connectivity index (χ2v) is 7.83. The number of ketones is 1. The summed E-state index contributed by atoms with van der Waals surface area (Å²) in [5.74, 6) is 0.198. The van der Waals surface area contributed by atoms with E-state index in [0.717, 1.165) is 0 Å². The third kappa shape index (κ3) is 7.73. The van der Waals surface area contributed by atoms with Gasteiger partial charge in [-0.2, -0.15) is 5.11 Å². The van der Waals surface area contributed by atoms with Gasteiger partial charge >= 0.3 is 0 Å². The van der Waals surface area contributed by atoms with Crippen LogP contribution in [0.4, 0.5) is 11.4 Å². The molecule has 0 aliphatic rings. The van der Waals surface area contributed by atoms with Gasteiger partial charge in [-0.05, 0) is 40.7 Å². The molecule has 0 saturated heterocycles. The number of azo groups is 1. The van der Waals surface area contributed by atoms with Crippen molar-refractivity contribution in [2.45, 2.75) is 40.7 Å². The lowest BCUT2D eigenvalue weighted by molar-refractivity contribution is -0.126. The molecule has 190 valence electrons. The van der Waals surface area contributed by atoms with Gasteiger partial charge in [-0.15, -0.1) is 5.11 Å². The van der Waals surface area contributed by atoms with Crippen molar-refractivity contribution in [3.8, 4) is 23.0 Å². The minimum absolute atomic E-state index is 0.174. The van der Waals surface area contributed by atoms with Crippen molar-refractivity contribution < 1.29 is 28.5 Å². The zero-order valence-electron chi connectivity index (χ0n) is 20.3. The van der Waals surface area contributed by atoms with Crippen molar-refractivity contribution in [3.05, 3.63) is 34.3 Å². The normalized spacial score (nSPS) is 11.7. The van der Waals surface area contributed by atoms with Gasteiger partial charge < -0.3 is 24.3 Å². The summed E-state index contributed by atoms with van der Waals surface area (Å²) in [6.07, 6.45) is 0. The number of benzene rings is 2. The lowest BCUT2D eigenvalue weighted by atomic mass is 10.2. The topological polar surface area (TPSA) is 108 Å². The van der Waals surface area contributed by atoms with E-state index in [9.17, 15) is 9.59 Å². The second kappa shape index (κ2) is 13.7. The Bertz CT molecular complexity index is 1080. The van der Waals surface area contributed by atoms with E-state index < -0.39 is 17.7 Å². The Balaban J connectivity index is 2.40. The van der Waals surface area contributed by atoms with Crippen LogP contribution in [0.3, 0.4) is 0 Å². The smallest absolute Gasteiger partial charge is 0.258 e. The number of rotatable bonds is 13. The number of amides is 1. The molecule has 2 rings (SSSR count). The maximum absolute atomic E-state index is 13.0. The Morgan fingerprint density at radius 2 is 1.51 bits per heavy atom. The average molecular weight is 526 g/mol. The van der Waals surface area contributed by atoms with Crippen LogP contribution in [0.5, 0.6) is 23.0 Å². The van der Waals surface area contributed by atoms with E-state index in [-0.39, 0.29) is 16.4 Å². The van der Waals surface area contributed by atoms with Gasteiger partial charge in [0.2, 0.25) is 6.04 Å². The minimum atomic E-state index is -1.46. The first-order valence-electron chi connectivity index (χ1n) is 11.2. The Hall–Kier alpha value is -3.04. The summed E-state index contributed by atoms with van der Waals surface area (Å²) in [4.78, 5) is 25.3. The molecule has 0 bridgehead atoms. The molecule has 1 atom stereocenters. The Kier molecular flexibility index (Phi) is 11.1. The first kappa shape index (κ1) is 28.2. The van der Waals surface area contributed by atoms with Crippen molar-refractivity contribution in [3.63, 3.8) is 0 Å². The first-order valence-corrected chi connectivity index (χ1v) is 11.9. The molecular weight excluding hydrogens is 497 g/mol. The highest BCUT2D eigenvalue weighted by atomic mass is 35.5. The molecule has 0 fully saturated rings. The molecule has 0 aliphatic carbocycles. The van der Waals surface area contributed by atoms with Gasteiger partial charge in [0.1, 0.15) is 11.4 Å². The molecule has 9 nitrogen and oxygen atoms in total. The number of nitrogens with zero attached hydrogens (tertiary/aromatic N) is 2. The maximum Gasteiger partial charge on any atom is 0.258 e. The van der Waals surface area contributed by atoms with Crippen LogP contribution >= 0.6 is 23.2 Å². The number of hydrogen-bond donors (Lipinski definition) is 1. The number of carbonyl (C=O) groups excluding carboxylic acids is 2. The second-order valence-electron chi connectivity index (χ2n) is 6.98. The molecule has 0 aromatic heterocycles. The van der Waals surface area contributed by atoms with Gasteiger partial charge in [-0.25, -0.2) is 0 Å². The number of ether oxygens (including phenoxy) is 4. The summed E-state index contributed by atoms with van der Waals surface area (Å²) in [7, 11) is 0. The van der Waals surface area contributed by atoms with Gasteiger partial charge in [0.25, 0.3) is 5.91 Å². The molecule has 0 radical (unpaired) electrons. The summed E-state index contributed by atoms with van der Waals surface area (Å²) in [6, 6.07) is 4.79. The van der Waals surface area contributed by atoms with E-state index in [0.29, 0.717) is 54.4 Å². The predicted molar refractivity (Wildman–Crippen MR) is 135 cm³/mol. The lowest BCUT2D eigenvalue weighted by Gasteiger charge is -2.17. The third-order valence-electron chi connectivity index (χ3n) is 4.39. The molecule has 35 heavy (non-hydrogen) atoms. The number of nitrogens with one attached hydrogen (secondary N) is 1. The van der Waals surface area contributed by atoms with Crippen LogP contribution in [0.25, 0.3) is 0 Å². The van der Waals surface area contributed by atoms with Crippen LogP contribution in [0.2, 0.25) is 10.0 Å². The largest absolute Gasteiger partial charge is 0.494 e. The zero-order valence-corrected chi connectivity index (χ0v) is 21.8. The quantitative estimate of drug-likeness (QED) is 0.244. The van der Waals surface area contributed by atoms with Gasteiger partial charge in [0.15, 0.2) is 23.0 Å². The Morgan fingerprint density at radius 1 is 0.886 bits per heavy atom. The van der Waals surface area contributed by atoms with Crippen molar-refractivity contribution in [2.75, 3.05) is 31.7 Å². The van der Waals surface area contributed by atoms with E-state index in [4.69, 9.17) is 42.1 Å². The molecular formula is C24H29Cl2N3O6. The van der Waals surface area contributed by atoms with Crippen molar-refractivity contribution in [2.24, 2.45) is 10.2 Å². The highest BCUT2D eigenvalue weighted by Gasteiger charge is 2.26. The molecule has 1 amide bonds. The lowest BCUT2D eigenvalue weighted by Crippen LogP contribution is -2.32. The zero-order chi connectivity index (χ0) is 26.0. The van der Waals surface area contributed by atoms with Crippen LogP contribution in [-0.2, 0) is 9.59 Å². The van der Waals surface area contributed by atoms with E-state index >= 15 is 0 Å². The fourth-order valence-corrected chi connectivity index (χ4v) is 3.46. The molecule has 2 aromatic rings. The van der Waals surface area contributed by atoms with Crippen molar-refractivity contribution in [1.29, 1.82) is 0 Å². The number of halogens is 2. The highest BCUT2D eigenvalue weighted by Crippen LogP contribution is 2.41. The number of Topliss-reactive ketones (excluding diaryl/α,β-unsaturated/α-hetero) is 1. The predicted octanol–water partition coefficient (Wildman–Crippen LogP) is 6.27. The van der Waals surface area contributed by atoms with Gasteiger partial charge in [0, 0.05) is 23.2 Å². The van der Waals surface area contributed by atoms with E-state index in [1.54, 1.807) is 32.0 Å². The average Bonchev–Trinajstić information content (AvgIpc) is 2.78. The summed E-state index contributed by atoms with van der Waals surface area (Å²) < 4.78 is 22.3. The van der Waals surface area contributed by atoms with Crippen LogP contribution in [0, 0.1) is 0 Å². The molecule has 1 unspecified atom stereocenters. The molecule has 0 saturated carbocycles. The van der Waals surface area contributed by atoms with Crippen LogP contribution < -0.4 is 24.3 Å². The van der Waals surface area contributed by atoms with Gasteiger partial charge in [-0.1, -0.05) is 23.2 Å². The number of carbonyl (C=O) groups is 2. The van der Waals surface area contributed by atoms with Gasteiger partial charge in [0.05, 0.1) is 37.1 Å². The Labute approximate surface area is 214 Å². The Morgan fingerprint density at radius 3 is 2.11 bits per heavy atom. The summed E-state index contributed by atoms with van der Waals surface area (Å²) in [6.45, 7) is 9.93. The fraction of sp³-hybridized carbons (Fsp3) is 0.417. The summed E-state index contributed by atoms with van der Waals surface area (Å²) in [5.41, 5.74) is 0.413. The molecule has 0 heterocycles. The first-order chi connectivity index (χ1) is 16.7. The maximum atomic E-state index is 13.0. The SMILES string of the molecule is CCOc1cc(Cl)c(N=NC(C(C)=O)C(=O)Nc2cc(Cl)cc(OCC)c2OCC)c(OCC)c1. The number of anilines is 1. The van der Waals surface area contributed by atoms with Crippen LogP contribution in [0.15, 0.2) is 34.5 Å². The fourth-order valence-electron chi connectivity index (χ4n) is 3.02. The number of hydrogen-bond acceptors (Lipinski definition) is 8. The molecule has 0 aliphatic heterocycles. The molecule has 2 aromatic carbocycles. The standard InChI is InChI=1S/C24H29Cl2N3O6/c1-6-32-16-12-17(26)22(19(13-16)33-7-2)29-28-21(14(5)30)24(31)27-18-10-15(25)11-20(34-8-3)23(18)35-9-4/h10-13,21H,6-9H2,1-5H3,(H,27,31). The van der Waals surface area contributed by atoms with E-state index in [1.807, 2.05) is 13.8 Å². The highest BCUT2D eigenvalue weighted by molar-refractivity contribution is 6.33.